The zero-order chi connectivity index (χ0) is 12.8. The number of nitrogens with zero attached hydrogens (tertiary/aromatic N) is 1. The molecule has 1 rings (SSSR count). The summed E-state index contributed by atoms with van der Waals surface area (Å²) in [7, 11) is 0. The average molecular weight is 242 g/mol. The fourth-order valence-electron chi connectivity index (χ4n) is 2.13. The van der Waals surface area contributed by atoms with E-state index in [2.05, 4.69) is 20.8 Å². The molecule has 4 heteroatoms. The maximum Gasteiger partial charge on any atom is 0.229 e. The van der Waals surface area contributed by atoms with Gasteiger partial charge in [0.2, 0.25) is 5.91 Å². The van der Waals surface area contributed by atoms with Gasteiger partial charge < -0.3 is 15.4 Å². The minimum atomic E-state index is -0.138. The van der Waals surface area contributed by atoms with Crippen LogP contribution in [0.2, 0.25) is 0 Å². The Kier molecular flexibility index (Phi) is 5.92. The number of hydrogen-bond acceptors (Lipinski definition) is 3. The maximum absolute atomic E-state index is 12.4. The number of rotatable bonds is 6. The van der Waals surface area contributed by atoms with Gasteiger partial charge in [0.25, 0.3) is 0 Å². The molecule has 100 valence electrons. The Bertz CT molecular complexity index is 246. The smallest absolute Gasteiger partial charge is 0.229 e. The Hall–Kier alpha value is -0.610. The number of nitrogens with two attached hydrogens (primary N) is 1. The van der Waals surface area contributed by atoms with Gasteiger partial charge in [-0.15, -0.1) is 0 Å². The van der Waals surface area contributed by atoms with Gasteiger partial charge in [0, 0.05) is 18.6 Å². The number of ether oxygens (including phenoxy) is 1. The van der Waals surface area contributed by atoms with E-state index in [1.807, 2.05) is 4.90 Å². The SMILES string of the molecule is CCCCN(C(=O)C1COCC1N)C(C)CC. The van der Waals surface area contributed by atoms with Crippen LogP contribution in [0.4, 0.5) is 0 Å². The Labute approximate surface area is 104 Å². The zero-order valence-electron chi connectivity index (χ0n) is 11.3. The fraction of sp³-hybridized carbons (Fsp3) is 0.923. The van der Waals surface area contributed by atoms with Gasteiger partial charge in [0.05, 0.1) is 19.1 Å². The van der Waals surface area contributed by atoms with Crippen LogP contribution in [0, 0.1) is 5.92 Å². The van der Waals surface area contributed by atoms with Crippen LogP contribution >= 0.6 is 0 Å². The summed E-state index contributed by atoms with van der Waals surface area (Å²) in [4.78, 5) is 14.4. The van der Waals surface area contributed by atoms with Crippen LogP contribution in [0.1, 0.15) is 40.0 Å². The second-order valence-corrected chi connectivity index (χ2v) is 4.95. The first-order valence-electron chi connectivity index (χ1n) is 6.75. The summed E-state index contributed by atoms with van der Waals surface area (Å²) in [6.45, 7) is 8.20. The molecule has 1 heterocycles. The third kappa shape index (κ3) is 3.68. The molecule has 0 saturated carbocycles. The molecule has 2 N–H and O–H groups in total. The molecule has 3 unspecified atom stereocenters. The van der Waals surface area contributed by atoms with Crippen LogP contribution in [0.3, 0.4) is 0 Å². The second kappa shape index (κ2) is 6.97. The fourth-order valence-corrected chi connectivity index (χ4v) is 2.13. The minimum Gasteiger partial charge on any atom is -0.379 e. The van der Waals surface area contributed by atoms with Crippen LogP contribution in [0.5, 0.6) is 0 Å². The monoisotopic (exact) mass is 242 g/mol. The summed E-state index contributed by atoms with van der Waals surface area (Å²) in [6.07, 6.45) is 3.14. The highest BCUT2D eigenvalue weighted by Gasteiger charge is 2.35. The molecule has 0 aromatic heterocycles. The van der Waals surface area contributed by atoms with Crippen molar-refractivity contribution in [3.8, 4) is 0 Å². The first kappa shape index (κ1) is 14.5. The van der Waals surface area contributed by atoms with Crippen molar-refractivity contribution in [1.29, 1.82) is 0 Å². The van der Waals surface area contributed by atoms with Crippen LogP contribution < -0.4 is 5.73 Å². The van der Waals surface area contributed by atoms with Gasteiger partial charge in [-0.1, -0.05) is 20.3 Å². The summed E-state index contributed by atoms with van der Waals surface area (Å²) in [6, 6.07) is 0.164. The number of unbranched alkanes of at least 4 members (excludes halogenated alkanes) is 1. The van der Waals surface area contributed by atoms with Gasteiger partial charge in [0.1, 0.15) is 0 Å². The van der Waals surface area contributed by atoms with Crippen molar-refractivity contribution in [2.75, 3.05) is 19.8 Å². The highest BCUT2D eigenvalue weighted by Crippen LogP contribution is 2.18. The quantitative estimate of drug-likeness (QED) is 0.765. The third-order valence-electron chi connectivity index (χ3n) is 3.60. The molecule has 17 heavy (non-hydrogen) atoms. The van der Waals surface area contributed by atoms with Gasteiger partial charge in [-0.3, -0.25) is 4.79 Å². The molecule has 0 spiro atoms. The van der Waals surface area contributed by atoms with Crippen LogP contribution in [-0.4, -0.2) is 42.6 Å². The lowest BCUT2D eigenvalue weighted by Crippen LogP contribution is -2.47. The number of carbonyl (C=O) groups excluding carboxylic acids is 1. The number of hydrogen-bond donors (Lipinski definition) is 1. The molecule has 1 fully saturated rings. The van der Waals surface area contributed by atoms with Crippen molar-refractivity contribution in [3.05, 3.63) is 0 Å². The van der Waals surface area contributed by atoms with E-state index < -0.39 is 0 Å². The first-order chi connectivity index (χ1) is 8.11. The van der Waals surface area contributed by atoms with Gasteiger partial charge in [-0.05, 0) is 19.8 Å². The molecule has 0 aromatic rings. The van der Waals surface area contributed by atoms with Crippen molar-refractivity contribution in [1.82, 2.24) is 4.90 Å². The highest BCUT2D eigenvalue weighted by atomic mass is 16.5. The molecule has 0 radical (unpaired) electrons. The van der Waals surface area contributed by atoms with E-state index in [1.165, 1.54) is 0 Å². The van der Waals surface area contributed by atoms with Crippen molar-refractivity contribution in [2.24, 2.45) is 11.7 Å². The molecule has 1 saturated heterocycles. The molecule has 0 aromatic carbocycles. The lowest BCUT2D eigenvalue weighted by Gasteiger charge is -2.31. The molecule has 3 atom stereocenters. The highest BCUT2D eigenvalue weighted by molar-refractivity contribution is 5.80. The van der Waals surface area contributed by atoms with Crippen molar-refractivity contribution in [2.45, 2.75) is 52.1 Å². The standard InChI is InChI=1S/C13H26N2O2/c1-4-6-7-15(10(3)5-2)13(16)11-8-17-9-12(11)14/h10-12H,4-9,14H2,1-3H3. The molecule has 4 nitrogen and oxygen atoms in total. The lowest BCUT2D eigenvalue weighted by molar-refractivity contribution is -0.138. The normalized spacial score (nSPS) is 25.9. The summed E-state index contributed by atoms with van der Waals surface area (Å²) >= 11 is 0. The molecular formula is C13H26N2O2. The largest absolute Gasteiger partial charge is 0.379 e. The van der Waals surface area contributed by atoms with Crippen LogP contribution in [-0.2, 0) is 9.53 Å². The molecule has 1 amide bonds. The first-order valence-corrected chi connectivity index (χ1v) is 6.75. The zero-order valence-corrected chi connectivity index (χ0v) is 11.3. The molecule has 1 aliphatic heterocycles. The Morgan fingerprint density at radius 1 is 1.47 bits per heavy atom. The van der Waals surface area contributed by atoms with Gasteiger partial charge in [-0.2, -0.15) is 0 Å². The number of amides is 1. The van der Waals surface area contributed by atoms with E-state index in [-0.39, 0.29) is 17.9 Å². The van der Waals surface area contributed by atoms with Crippen molar-refractivity contribution < 1.29 is 9.53 Å². The number of carbonyl (C=O) groups is 1. The predicted molar refractivity (Wildman–Crippen MR) is 68.7 cm³/mol. The van der Waals surface area contributed by atoms with E-state index in [0.717, 1.165) is 25.8 Å². The lowest BCUT2D eigenvalue weighted by atomic mass is 10.0. The Morgan fingerprint density at radius 3 is 2.65 bits per heavy atom. The van der Waals surface area contributed by atoms with E-state index >= 15 is 0 Å². The summed E-state index contributed by atoms with van der Waals surface area (Å²) in [5.41, 5.74) is 5.92. The van der Waals surface area contributed by atoms with Gasteiger partial charge in [0.15, 0.2) is 0 Å². The predicted octanol–water partition coefficient (Wildman–Crippen LogP) is 1.39. The molecular weight excluding hydrogens is 216 g/mol. The molecule has 0 aliphatic carbocycles. The Morgan fingerprint density at radius 2 is 2.18 bits per heavy atom. The Balaban J connectivity index is 2.64. The van der Waals surface area contributed by atoms with Crippen LogP contribution in [0.25, 0.3) is 0 Å². The van der Waals surface area contributed by atoms with E-state index in [4.69, 9.17) is 10.5 Å². The summed E-state index contributed by atoms with van der Waals surface area (Å²) in [5.74, 6) is 0.0404. The topological polar surface area (TPSA) is 55.6 Å². The maximum atomic E-state index is 12.4. The summed E-state index contributed by atoms with van der Waals surface area (Å²) in [5, 5.41) is 0. The second-order valence-electron chi connectivity index (χ2n) is 4.95. The average Bonchev–Trinajstić information content (AvgIpc) is 2.75. The van der Waals surface area contributed by atoms with E-state index in [1.54, 1.807) is 0 Å². The third-order valence-corrected chi connectivity index (χ3v) is 3.60. The van der Waals surface area contributed by atoms with E-state index in [9.17, 15) is 4.79 Å². The van der Waals surface area contributed by atoms with Crippen molar-refractivity contribution >= 4 is 5.91 Å². The minimum absolute atomic E-state index is 0.129. The molecule has 1 aliphatic rings. The van der Waals surface area contributed by atoms with Crippen molar-refractivity contribution in [3.63, 3.8) is 0 Å². The van der Waals surface area contributed by atoms with Gasteiger partial charge >= 0.3 is 0 Å². The molecule has 0 bridgehead atoms. The van der Waals surface area contributed by atoms with Gasteiger partial charge in [-0.25, -0.2) is 0 Å². The summed E-state index contributed by atoms with van der Waals surface area (Å²) < 4.78 is 5.29. The van der Waals surface area contributed by atoms with E-state index in [0.29, 0.717) is 19.3 Å². The van der Waals surface area contributed by atoms with Crippen LogP contribution in [0.15, 0.2) is 0 Å².